The molecule has 0 saturated heterocycles. The molecule has 0 saturated carbocycles. The summed E-state index contributed by atoms with van der Waals surface area (Å²) < 4.78 is 5.40. The topological polar surface area (TPSA) is 21.3 Å². The molecule has 0 aliphatic carbocycles. The van der Waals surface area contributed by atoms with Crippen molar-refractivity contribution in [2.45, 2.75) is 34.1 Å². The maximum Gasteiger partial charge on any atom is 0.0471 e. The van der Waals surface area contributed by atoms with E-state index in [1.165, 1.54) is 0 Å². The molecule has 0 aromatic rings. The summed E-state index contributed by atoms with van der Waals surface area (Å²) in [6.07, 6.45) is 1.14. The Morgan fingerprint density at radius 2 is 2.00 bits per heavy atom. The molecule has 0 radical (unpaired) electrons. The van der Waals surface area contributed by atoms with E-state index >= 15 is 0 Å². The van der Waals surface area contributed by atoms with Crippen molar-refractivity contribution >= 4 is 0 Å². The minimum atomic E-state index is 0.365. The predicted octanol–water partition coefficient (Wildman–Crippen LogP) is 2.29. The molecule has 0 aromatic carbocycles. The molecule has 2 nitrogen and oxygen atoms in total. The van der Waals surface area contributed by atoms with Crippen LogP contribution in [0.15, 0.2) is 0 Å². The fourth-order valence-electron chi connectivity index (χ4n) is 1.43. The average molecular weight is 187 g/mol. The van der Waals surface area contributed by atoms with E-state index in [4.69, 9.17) is 4.74 Å². The largest absolute Gasteiger partial charge is 0.382 e. The summed E-state index contributed by atoms with van der Waals surface area (Å²) in [6.45, 7) is 11.7. The van der Waals surface area contributed by atoms with Crippen LogP contribution >= 0.6 is 0 Å². The summed E-state index contributed by atoms with van der Waals surface area (Å²) in [5, 5.41) is 3.26. The molecule has 0 heterocycles. The van der Waals surface area contributed by atoms with Crippen molar-refractivity contribution in [2.24, 2.45) is 11.3 Å². The van der Waals surface area contributed by atoms with Crippen molar-refractivity contribution in [3.8, 4) is 0 Å². The fourth-order valence-corrected chi connectivity index (χ4v) is 1.43. The molecule has 0 rings (SSSR count). The monoisotopic (exact) mass is 187 g/mol. The number of ether oxygens (including phenoxy) is 1. The van der Waals surface area contributed by atoms with Crippen LogP contribution in [0.3, 0.4) is 0 Å². The second-order valence-corrected chi connectivity index (χ2v) is 4.29. The van der Waals surface area contributed by atoms with E-state index in [1.54, 1.807) is 0 Å². The second-order valence-electron chi connectivity index (χ2n) is 4.29. The second kappa shape index (κ2) is 6.39. The third-order valence-electron chi connectivity index (χ3n) is 3.00. The Labute approximate surface area is 83.1 Å². The molecule has 1 N–H and O–H groups in total. The number of nitrogens with one attached hydrogen (secondary N) is 1. The highest BCUT2D eigenvalue weighted by Gasteiger charge is 2.26. The lowest BCUT2D eigenvalue weighted by atomic mass is 9.76. The van der Waals surface area contributed by atoms with Crippen molar-refractivity contribution in [1.29, 1.82) is 0 Å². The van der Waals surface area contributed by atoms with E-state index in [0.717, 1.165) is 26.2 Å². The quantitative estimate of drug-likeness (QED) is 0.617. The molecule has 0 aliphatic rings. The highest BCUT2D eigenvalue weighted by Crippen LogP contribution is 2.29. The molecule has 1 atom stereocenters. The van der Waals surface area contributed by atoms with E-state index in [2.05, 4.69) is 26.1 Å². The summed E-state index contributed by atoms with van der Waals surface area (Å²) in [7, 11) is 2.02. The SMILES string of the molecule is CCOCCC(C)(CNC)C(C)C. The van der Waals surface area contributed by atoms with E-state index in [1.807, 2.05) is 14.0 Å². The van der Waals surface area contributed by atoms with Gasteiger partial charge >= 0.3 is 0 Å². The third-order valence-corrected chi connectivity index (χ3v) is 3.00. The van der Waals surface area contributed by atoms with Crippen LogP contribution in [-0.2, 0) is 4.74 Å². The van der Waals surface area contributed by atoms with Gasteiger partial charge in [0, 0.05) is 19.8 Å². The van der Waals surface area contributed by atoms with Gasteiger partial charge in [-0.15, -0.1) is 0 Å². The van der Waals surface area contributed by atoms with Crippen molar-refractivity contribution in [2.75, 3.05) is 26.8 Å². The number of hydrogen-bond donors (Lipinski definition) is 1. The van der Waals surface area contributed by atoms with Gasteiger partial charge in [-0.05, 0) is 31.7 Å². The van der Waals surface area contributed by atoms with Gasteiger partial charge in [0.25, 0.3) is 0 Å². The summed E-state index contributed by atoms with van der Waals surface area (Å²) in [4.78, 5) is 0. The Kier molecular flexibility index (Phi) is 6.35. The van der Waals surface area contributed by atoms with Crippen molar-refractivity contribution in [3.05, 3.63) is 0 Å². The Bertz CT molecular complexity index is 125. The van der Waals surface area contributed by atoms with Gasteiger partial charge < -0.3 is 10.1 Å². The van der Waals surface area contributed by atoms with Crippen molar-refractivity contribution < 1.29 is 4.74 Å². The zero-order valence-corrected chi connectivity index (χ0v) is 9.81. The molecule has 1 unspecified atom stereocenters. The number of hydrogen-bond acceptors (Lipinski definition) is 2. The summed E-state index contributed by atoms with van der Waals surface area (Å²) in [5.74, 6) is 0.695. The van der Waals surface area contributed by atoms with Gasteiger partial charge in [0.05, 0.1) is 0 Å². The first-order chi connectivity index (χ1) is 6.06. The molecule has 13 heavy (non-hydrogen) atoms. The number of rotatable bonds is 7. The van der Waals surface area contributed by atoms with E-state index in [-0.39, 0.29) is 0 Å². The molecule has 0 fully saturated rings. The van der Waals surface area contributed by atoms with Crippen molar-refractivity contribution in [1.82, 2.24) is 5.32 Å². The van der Waals surface area contributed by atoms with Crippen LogP contribution < -0.4 is 5.32 Å². The predicted molar refractivity (Wildman–Crippen MR) is 58.0 cm³/mol. The molecular formula is C11H25NO. The standard InChI is InChI=1S/C11H25NO/c1-6-13-8-7-11(4,9-12-5)10(2)3/h10,12H,6-9H2,1-5H3. The lowest BCUT2D eigenvalue weighted by molar-refractivity contribution is 0.0874. The molecule has 0 aromatic heterocycles. The lowest BCUT2D eigenvalue weighted by Gasteiger charge is -2.33. The Hall–Kier alpha value is -0.0800. The molecule has 0 spiro atoms. The summed E-state index contributed by atoms with van der Waals surface area (Å²) in [5.41, 5.74) is 0.365. The summed E-state index contributed by atoms with van der Waals surface area (Å²) >= 11 is 0. The first kappa shape index (κ1) is 12.9. The van der Waals surface area contributed by atoms with Gasteiger partial charge in [0.15, 0.2) is 0 Å². The van der Waals surface area contributed by atoms with E-state index < -0.39 is 0 Å². The maximum atomic E-state index is 5.40. The van der Waals surface area contributed by atoms with Gasteiger partial charge in [-0.2, -0.15) is 0 Å². The van der Waals surface area contributed by atoms with Crippen LogP contribution in [0.2, 0.25) is 0 Å². The Morgan fingerprint density at radius 3 is 2.38 bits per heavy atom. The molecule has 0 bridgehead atoms. The fraction of sp³-hybridized carbons (Fsp3) is 1.00. The maximum absolute atomic E-state index is 5.40. The van der Waals surface area contributed by atoms with Gasteiger partial charge in [-0.3, -0.25) is 0 Å². The van der Waals surface area contributed by atoms with Crippen LogP contribution in [-0.4, -0.2) is 26.8 Å². The van der Waals surface area contributed by atoms with Gasteiger partial charge in [-0.1, -0.05) is 20.8 Å². The van der Waals surface area contributed by atoms with Crippen LogP contribution in [0.25, 0.3) is 0 Å². The molecular weight excluding hydrogens is 162 g/mol. The smallest absolute Gasteiger partial charge is 0.0471 e. The van der Waals surface area contributed by atoms with Crippen LogP contribution in [0, 0.1) is 11.3 Å². The molecule has 0 amide bonds. The summed E-state index contributed by atoms with van der Waals surface area (Å²) in [6, 6.07) is 0. The first-order valence-corrected chi connectivity index (χ1v) is 5.29. The molecule has 80 valence electrons. The zero-order valence-electron chi connectivity index (χ0n) is 9.81. The lowest BCUT2D eigenvalue weighted by Crippen LogP contribution is -2.35. The normalized spacial score (nSPS) is 16.2. The Morgan fingerprint density at radius 1 is 1.38 bits per heavy atom. The van der Waals surface area contributed by atoms with Crippen LogP contribution in [0.1, 0.15) is 34.1 Å². The molecule has 0 aliphatic heterocycles. The minimum Gasteiger partial charge on any atom is -0.382 e. The van der Waals surface area contributed by atoms with Gasteiger partial charge in [0.1, 0.15) is 0 Å². The first-order valence-electron chi connectivity index (χ1n) is 5.29. The van der Waals surface area contributed by atoms with Crippen LogP contribution in [0.5, 0.6) is 0 Å². The van der Waals surface area contributed by atoms with E-state index in [9.17, 15) is 0 Å². The Balaban J connectivity index is 3.92. The third kappa shape index (κ3) is 4.63. The van der Waals surface area contributed by atoms with Gasteiger partial charge in [-0.25, -0.2) is 0 Å². The van der Waals surface area contributed by atoms with Crippen molar-refractivity contribution in [3.63, 3.8) is 0 Å². The van der Waals surface area contributed by atoms with Gasteiger partial charge in [0.2, 0.25) is 0 Å². The highest BCUT2D eigenvalue weighted by atomic mass is 16.5. The average Bonchev–Trinajstić information content (AvgIpc) is 2.05. The minimum absolute atomic E-state index is 0.365. The highest BCUT2D eigenvalue weighted by molar-refractivity contribution is 4.79. The van der Waals surface area contributed by atoms with E-state index in [0.29, 0.717) is 11.3 Å². The zero-order chi connectivity index (χ0) is 10.3. The molecule has 2 heteroatoms. The van der Waals surface area contributed by atoms with Crippen LogP contribution in [0.4, 0.5) is 0 Å².